The Hall–Kier alpha value is -1.42. The van der Waals surface area contributed by atoms with E-state index in [9.17, 15) is 0 Å². The van der Waals surface area contributed by atoms with Crippen LogP contribution in [0.3, 0.4) is 0 Å². The second-order valence-corrected chi connectivity index (χ2v) is 5.36. The Labute approximate surface area is 115 Å². The van der Waals surface area contributed by atoms with Crippen molar-refractivity contribution in [3.8, 4) is 0 Å². The largest absolute Gasteiger partial charge is 0.464 e. The molecule has 1 heterocycles. The third-order valence-corrected chi connectivity index (χ3v) is 3.57. The van der Waals surface area contributed by atoms with Gasteiger partial charge in [0.25, 0.3) is 0 Å². The van der Waals surface area contributed by atoms with Crippen LogP contribution < -0.4 is 11.1 Å². The van der Waals surface area contributed by atoms with Gasteiger partial charge in [0, 0.05) is 15.8 Å². The molecule has 0 saturated heterocycles. The molecule has 2 aromatic rings. The summed E-state index contributed by atoms with van der Waals surface area (Å²) in [5.41, 5.74) is 8.72. The molecule has 0 aliphatic heterocycles. The van der Waals surface area contributed by atoms with Crippen molar-refractivity contribution in [1.82, 2.24) is 0 Å². The second kappa shape index (κ2) is 5.06. The van der Waals surface area contributed by atoms with Crippen LogP contribution in [0.25, 0.3) is 0 Å². The highest BCUT2D eigenvalue weighted by atomic mass is 79.9. The third-order valence-electron chi connectivity index (χ3n) is 2.92. The van der Waals surface area contributed by atoms with Gasteiger partial charge in [-0.15, -0.1) is 0 Å². The van der Waals surface area contributed by atoms with Gasteiger partial charge in [0.1, 0.15) is 11.5 Å². The van der Waals surface area contributed by atoms with Crippen molar-refractivity contribution in [1.29, 1.82) is 0 Å². The lowest BCUT2D eigenvalue weighted by molar-refractivity contribution is 0.467. The van der Waals surface area contributed by atoms with Gasteiger partial charge in [-0.2, -0.15) is 0 Å². The molecule has 0 radical (unpaired) electrons. The van der Waals surface area contributed by atoms with Crippen LogP contribution in [0.4, 0.5) is 11.4 Å². The molecule has 1 unspecified atom stereocenters. The van der Waals surface area contributed by atoms with Gasteiger partial charge in [-0.25, -0.2) is 0 Å². The fraction of sp³-hybridized carbons (Fsp3) is 0.286. The molecular weight excluding hydrogens is 292 g/mol. The van der Waals surface area contributed by atoms with E-state index in [1.54, 1.807) is 0 Å². The number of anilines is 2. The summed E-state index contributed by atoms with van der Waals surface area (Å²) in [5, 5.41) is 3.41. The Bertz CT molecular complexity index is 563. The second-order valence-electron chi connectivity index (χ2n) is 4.50. The van der Waals surface area contributed by atoms with Crippen LogP contribution in [0.2, 0.25) is 0 Å². The van der Waals surface area contributed by atoms with Crippen LogP contribution >= 0.6 is 15.9 Å². The van der Waals surface area contributed by atoms with Gasteiger partial charge in [0.2, 0.25) is 0 Å². The summed E-state index contributed by atoms with van der Waals surface area (Å²) in [6.45, 7) is 6.00. The average Bonchev–Trinajstić information content (AvgIpc) is 2.73. The summed E-state index contributed by atoms with van der Waals surface area (Å²) in [7, 11) is 0. The molecule has 3 N–H and O–H groups in total. The van der Waals surface area contributed by atoms with Gasteiger partial charge >= 0.3 is 0 Å². The molecule has 0 amide bonds. The van der Waals surface area contributed by atoms with Crippen molar-refractivity contribution in [2.24, 2.45) is 0 Å². The molecule has 0 bridgehead atoms. The summed E-state index contributed by atoms with van der Waals surface area (Å²) in [4.78, 5) is 0. The minimum Gasteiger partial charge on any atom is -0.464 e. The van der Waals surface area contributed by atoms with Gasteiger partial charge < -0.3 is 15.5 Å². The standard InChI is InChI=1S/C14H17BrN2O/c1-8-6-13(11(15)7-12(8)16)17-10(3)14-5-4-9(2)18-14/h4-7,10,17H,16H2,1-3H3. The van der Waals surface area contributed by atoms with E-state index in [2.05, 4.69) is 28.2 Å². The van der Waals surface area contributed by atoms with E-state index >= 15 is 0 Å². The van der Waals surface area contributed by atoms with E-state index in [1.807, 2.05) is 38.1 Å². The lowest BCUT2D eigenvalue weighted by Crippen LogP contribution is -2.06. The lowest BCUT2D eigenvalue weighted by Gasteiger charge is -2.16. The van der Waals surface area contributed by atoms with Crippen molar-refractivity contribution in [3.63, 3.8) is 0 Å². The normalized spacial score (nSPS) is 12.4. The maximum absolute atomic E-state index is 5.86. The summed E-state index contributed by atoms with van der Waals surface area (Å²) in [5.74, 6) is 1.85. The van der Waals surface area contributed by atoms with E-state index in [4.69, 9.17) is 10.2 Å². The fourth-order valence-electron chi connectivity index (χ4n) is 1.80. The number of aryl methyl sites for hydroxylation is 2. The van der Waals surface area contributed by atoms with Gasteiger partial charge in [-0.3, -0.25) is 0 Å². The van der Waals surface area contributed by atoms with E-state index in [0.717, 1.165) is 32.9 Å². The molecule has 0 fully saturated rings. The van der Waals surface area contributed by atoms with Crippen molar-refractivity contribution >= 4 is 27.3 Å². The summed E-state index contributed by atoms with van der Waals surface area (Å²) >= 11 is 3.51. The zero-order valence-electron chi connectivity index (χ0n) is 10.8. The molecule has 2 rings (SSSR count). The highest BCUT2D eigenvalue weighted by molar-refractivity contribution is 9.10. The monoisotopic (exact) mass is 308 g/mol. The summed E-state index contributed by atoms with van der Waals surface area (Å²) in [6, 6.07) is 8.02. The topological polar surface area (TPSA) is 51.2 Å². The van der Waals surface area contributed by atoms with Gasteiger partial charge in [-0.05, 0) is 66.5 Å². The summed E-state index contributed by atoms with van der Waals surface area (Å²) in [6.07, 6.45) is 0. The molecule has 1 aromatic carbocycles. The smallest absolute Gasteiger partial charge is 0.126 e. The van der Waals surface area contributed by atoms with Crippen LogP contribution in [0.15, 0.2) is 33.2 Å². The van der Waals surface area contributed by atoms with Crippen LogP contribution in [0.5, 0.6) is 0 Å². The molecule has 96 valence electrons. The van der Waals surface area contributed by atoms with Gasteiger partial charge in [-0.1, -0.05) is 0 Å². The first-order chi connectivity index (χ1) is 8.47. The van der Waals surface area contributed by atoms with Crippen molar-refractivity contribution in [2.75, 3.05) is 11.1 Å². The Kier molecular flexibility index (Phi) is 3.66. The number of benzene rings is 1. The molecule has 1 atom stereocenters. The zero-order chi connectivity index (χ0) is 13.3. The fourth-order valence-corrected chi connectivity index (χ4v) is 2.27. The molecule has 0 aliphatic carbocycles. The Morgan fingerprint density at radius 1 is 1.28 bits per heavy atom. The molecule has 4 heteroatoms. The molecule has 18 heavy (non-hydrogen) atoms. The minimum atomic E-state index is 0.109. The number of nitrogens with two attached hydrogens (primary N) is 1. The van der Waals surface area contributed by atoms with Crippen molar-refractivity contribution < 1.29 is 4.42 Å². The van der Waals surface area contributed by atoms with Crippen LogP contribution in [-0.4, -0.2) is 0 Å². The Morgan fingerprint density at radius 3 is 2.61 bits per heavy atom. The van der Waals surface area contributed by atoms with E-state index in [1.165, 1.54) is 0 Å². The third kappa shape index (κ3) is 2.70. The molecule has 3 nitrogen and oxygen atoms in total. The van der Waals surface area contributed by atoms with Gasteiger partial charge in [0.05, 0.1) is 6.04 Å². The average molecular weight is 309 g/mol. The van der Waals surface area contributed by atoms with Crippen LogP contribution in [0.1, 0.15) is 30.0 Å². The first-order valence-electron chi connectivity index (χ1n) is 5.86. The Balaban J connectivity index is 2.21. The first-order valence-corrected chi connectivity index (χ1v) is 6.65. The predicted molar refractivity (Wildman–Crippen MR) is 78.8 cm³/mol. The van der Waals surface area contributed by atoms with Crippen molar-refractivity contribution in [2.45, 2.75) is 26.8 Å². The maximum Gasteiger partial charge on any atom is 0.126 e. The zero-order valence-corrected chi connectivity index (χ0v) is 12.3. The van der Waals surface area contributed by atoms with E-state index < -0.39 is 0 Å². The van der Waals surface area contributed by atoms with Crippen molar-refractivity contribution in [3.05, 3.63) is 45.8 Å². The number of hydrogen-bond donors (Lipinski definition) is 2. The molecular formula is C14H17BrN2O. The van der Waals surface area contributed by atoms with Crippen LogP contribution in [-0.2, 0) is 0 Å². The van der Waals surface area contributed by atoms with Crippen LogP contribution in [0, 0.1) is 13.8 Å². The number of nitrogens with one attached hydrogen (secondary N) is 1. The predicted octanol–water partition coefficient (Wildman–Crippen LogP) is 4.41. The molecule has 0 aliphatic rings. The first kappa shape index (κ1) is 13.0. The Morgan fingerprint density at radius 2 is 2.00 bits per heavy atom. The maximum atomic E-state index is 5.86. The molecule has 0 saturated carbocycles. The van der Waals surface area contributed by atoms with E-state index in [-0.39, 0.29) is 6.04 Å². The molecule has 1 aromatic heterocycles. The highest BCUT2D eigenvalue weighted by Gasteiger charge is 2.11. The number of furan rings is 1. The quantitative estimate of drug-likeness (QED) is 0.826. The lowest BCUT2D eigenvalue weighted by atomic mass is 10.1. The molecule has 0 spiro atoms. The summed E-state index contributed by atoms with van der Waals surface area (Å²) < 4.78 is 6.57. The number of nitrogen functional groups attached to an aromatic ring is 1. The minimum absolute atomic E-state index is 0.109. The number of halogens is 1. The van der Waals surface area contributed by atoms with E-state index in [0.29, 0.717) is 0 Å². The number of rotatable bonds is 3. The SMILES string of the molecule is Cc1ccc(C(C)Nc2cc(C)c(N)cc2Br)o1. The number of hydrogen-bond acceptors (Lipinski definition) is 3. The van der Waals surface area contributed by atoms with Gasteiger partial charge in [0.15, 0.2) is 0 Å². The highest BCUT2D eigenvalue weighted by Crippen LogP contribution is 2.30.